The van der Waals surface area contributed by atoms with Crippen LogP contribution in [0.1, 0.15) is 44.1 Å². The molecule has 5 nitrogen and oxygen atoms in total. The van der Waals surface area contributed by atoms with E-state index in [0.29, 0.717) is 23.2 Å². The maximum Gasteiger partial charge on any atom is 0.253 e. The van der Waals surface area contributed by atoms with Crippen LogP contribution in [0.25, 0.3) is 0 Å². The first-order chi connectivity index (χ1) is 13.3. The largest absolute Gasteiger partial charge is 0.348 e. The second-order valence-corrected chi connectivity index (χ2v) is 7.09. The van der Waals surface area contributed by atoms with Gasteiger partial charge in [0, 0.05) is 34.8 Å². The molecule has 3 aromatic rings. The number of rotatable bonds is 5. The SMILES string of the molecule is Cc1cc(C)c(CNC(=O)c2cc(C)n(Cc3ccccc3F)c2C)c(=O)[nH]1. The zero-order valence-corrected chi connectivity index (χ0v) is 16.5. The molecule has 0 fully saturated rings. The molecule has 28 heavy (non-hydrogen) atoms. The van der Waals surface area contributed by atoms with Crippen LogP contribution in [0.15, 0.2) is 41.2 Å². The first kappa shape index (κ1) is 19.6. The van der Waals surface area contributed by atoms with E-state index < -0.39 is 0 Å². The van der Waals surface area contributed by atoms with Gasteiger partial charge in [-0.15, -0.1) is 0 Å². The summed E-state index contributed by atoms with van der Waals surface area (Å²) in [6.07, 6.45) is 0. The number of hydrogen-bond donors (Lipinski definition) is 2. The molecule has 3 rings (SSSR count). The van der Waals surface area contributed by atoms with Gasteiger partial charge >= 0.3 is 0 Å². The molecule has 0 spiro atoms. The molecular formula is C22H24FN3O2. The van der Waals surface area contributed by atoms with Gasteiger partial charge in [0.15, 0.2) is 0 Å². The van der Waals surface area contributed by atoms with Crippen LogP contribution in [0.5, 0.6) is 0 Å². The Morgan fingerprint density at radius 3 is 2.54 bits per heavy atom. The van der Waals surface area contributed by atoms with Crippen molar-refractivity contribution >= 4 is 5.91 Å². The van der Waals surface area contributed by atoms with Gasteiger partial charge in [-0.3, -0.25) is 9.59 Å². The van der Waals surface area contributed by atoms with Gasteiger partial charge in [0.25, 0.3) is 11.5 Å². The zero-order valence-electron chi connectivity index (χ0n) is 16.5. The third-order valence-corrected chi connectivity index (χ3v) is 5.02. The average molecular weight is 381 g/mol. The van der Waals surface area contributed by atoms with Crippen LogP contribution < -0.4 is 10.9 Å². The highest BCUT2D eigenvalue weighted by atomic mass is 19.1. The Morgan fingerprint density at radius 1 is 1.14 bits per heavy atom. The molecule has 0 saturated carbocycles. The summed E-state index contributed by atoms with van der Waals surface area (Å²) in [5.41, 5.74) is 4.69. The topological polar surface area (TPSA) is 66.9 Å². The second kappa shape index (κ2) is 7.84. The number of carbonyl (C=O) groups excluding carboxylic acids is 1. The van der Waals surface area contributed by atoms with Crippen molar-refractivity contribution in [2.45, 2.75) is 40.8 Å². The Balaban J connectivity index is 1.80. The maximum absolute atomic E-state index is 14.0. The summed E-state index contributed by atoms with van der Waals surface area (Å²) in [5.74, 6) is -0.526. The van der Waals surface area contributed by atoms with Crippen LogP contribution in [-0.4, -0.2) is 15.5 Å². The van der Waals surface area contributed by atoms with Gasteiger partial charge in [0.1, 0.15) is 5.82 Å². The molecule has 0 radical (unpaired) electrons. The normalized spacial score (nSPS) is 10.9. The summed E-state index contributed by atoms with van der Waals surface area (Å²) in [6.45, 7) is 7.91. The van der Waals surface area contributed by atoms with Gasteiger partial charge in [-0.2, -0.15) is 0 Å². The molecule has 146 valence electrons. The average Bonchev–Trinajstić information content (AvgIpc) is 2.90. The van der Waals surface area contributed by atoms with Crippen molar-refractivity contribution in [2.24, 2.45) is 0 Å². The number of nitrogens with one attached hydrogen (secondary N) is 2. The summed E-state index contributed by atoms with van der Waals surface area (Å²) in [5, 5.41) is 2.83. The predicted molar refractivity (Wildman–Crippen MR) is 107 cm³/mol. The first-order valence-corrected chi connectivity index (χ1v) is 9.15. The minimum absolute atomic E-state index is 0.150. The van der Waals surface area contributed by atoms with E-state index in [-0.39, 0.29) is 23.8 Å². The molecule has 1 aromatic carbocycles. The molecule has 0 atom stereocenters. The van der Waals surface area contributed by atoms with E-state index in [0.717, 1.165) is 22.6 Å². The molecule has 2 N–H and O–H groups in total. The fraction of sp³-hybridized carbons (Fsp3) is 0.273. The van der Waals surface area contributed by atoms with Crippen LogP contribution >= 0.6 is 0 Å². The van der Waals surface area contributed by atoms with Gasteiger partial charge < -0.3 is 14.9 Å². The van der Waals surface area contributed by atoms with Crippen molar-refractivity contribution in [1.29, 1.82) is 0 Å². The number of benzene rings is 1. The molecule has 0 bridgehead atoms. The number of aromatic amines is 1. The number of H-pyrrole nitrogens is 1. The zero-order chi connectivity index (χ0) is 20.4. The lowest BCUT2D eigenvalue weighted by molar-refractivity contribution is 0.0950. The summed E-state index contributed by atoms with van der Waals surface area (Å²) in [7, 11) is 0. The fourth-order valence-electron chi connectivity index (χ4n) is 3.44. The second-order valence-electron chi connectivity index (χ2n) is 7.09. The molecule has 0 aliphatic rings. The van der Waals surface area contributed by atoms with Gasteiger partial charge in [-0.05, 0) is 51.5 Å². The van der Waals surface area contributed by atoms with Gasteiger partial charge in [-0.1, -0.05) is 18.2 Å². The first-order valence-electron chi connectivity index (χ1n) is 9.15. The van der Waals surface area contributed by atoms with E-state index in [1.54, 1.807) is 24.3 Å². The van der Waals surface area contributed by atoms with Crippen molar-refractivity contribution in [1.82, 2.24) is 14.9 Å². The molecular weight excluding hydrogens is 357 g/mol. The fourth-order valence-corrected chi connectivity index (χ4v) is 3.44. The van der Waals surface area contributed by atoms with E-state index in [1.165, 1.54) is 6.07 Å². The lowest BCUT2D eigenvalue weighted by atomic mass is 10.1. The summed E-state index contributed by atoms with van der Waals surface area (Å²) >= 11 is 0. The number of hydrogen-bond acceptors (Lipinski definition) is 2. The Bertz CT molecular complexity index is 1100. The number of amides is 1. The molecule has 0 saturated heterocycles. The Hall–Kier alpha value is -3.15. The lowest BCUT2D eigenvalue weighted by Crippen LogP contribution is -2.28. The number of pyridine rings is 1. The van der Waals surface area contributed by atoms with Crippen molar-refractivity contribution in [3.63, 3.8) is 0 Å². The van der Waals surface area contributed by atoms with Crippen molar-refractivity contribution in [2.75, 3.05) is 0 Å². The van der Waals surface area contributed by atoms with Crippen LogP contribution in [-0.2, 0) is 13.1 Å². The molecule has 6 heteroatoms. The molecule has 0 aliphatic carbocycles. The van der Waals surface area contributed by atoms with Crippen molar-refractivity contribution in [3.8, 4) is 0 Å². The third kappa shape index (κ3) is 3.91. The number of nitrogens with zero attached hydrogens (tertiary/aromatic N) is 1. The summed E-state index contributed by atoms with van der Waals surface area (Å²) < 4.78 is 15.9. The predicted octanol–water partition coefficient (Wildman–Crippen LogP) is 3.53. The van der Waals surface area contributed by atoms with Gasteiger partial charge in [-0.25, -0.2) is 4.39 Å². The number of aromatic nitrogens is 2. The minimum Gasteiger partial charge on any atom is -0.348 e. The Morgan fingerprint density at radius 2 is 1.86 bits per heavy atom. The van der Waals surface area contributed by atoms with Crippen molar-refractivity contribution in [3.05, 3.63) is 91.9 Å². The minimum atomic E-state index is -0.268. The standard InChI is InChI=1S/C22H24FN3O2/c1-13-9-14(2)25-22(28)19(13)11-24-21(27)18-10-15(3)26(16(18)4)12-17-7-5-6-8-20(17)23/h5-10H,11-12H2,1-4H3,(H,24,27)(H,25,28). The van der Waals surface area contributed by atoms with Crippen LogP contribution in [0, 0.1) is 33.5 Å². The summed E-state index contributed by atoms with van der Waals surface area (Å²) in [6, 6.07) is 10.3. The highest BCUT2D eigenvalue weighted by Crippen LogP contribution is 2.18. The van der Waals surface area contributed by atoms with Crippen LogP contribution in [0.2, 0.25) is 0 Å². The Labute approximate surface area is 163 Å². The third-order valence-electron chi connectivity index (χ3n) is 5.02. The number of halogens is 1. The monoisotopic (exact) mass is 381 g/mol. The quantitative estimate of drug-likeness (QED) is 0.710. The van der Waals surface area contributed by atoms with Crippen LogP contribution in [0.4, 0.5) is 4.39 Å². The van der Waals surface area contributed by atoms with Crippen LogP contribution in [0.3, 0.4) is 0 Å². The highest BCUT2D eigenvalue weighted by Gasteiger charge is 2.17. The van der Waals surface area contributed by atoms with Gasteiger partial charge in [0.2, 0.25) is 0 Å². The number of carbonyl (C=O) groups is 1. The van der Waals surface area contributed by atoms with E-state index >= 15 is 0 Å². The molecule has 2 aromatic heterocycles. The molecule has 0 aliphatic heterocycles. The molecule has 2 heterocycles. The van der Waals surface area contributed by atoms with Crippen molar-refractivity contribution < 1.29 is 9.18 Å². The van der Waals surface area contributed by atoms with E-state index in [9.17, 15) is 14.0 Å². The lowest BCUT2D eigenvalue weighted by Gasteiger charge is -2.11. The smallest absolute Gasteiger partial charge is 0.253 e. The van der Waals surface area contributed by atoms with E-state index in [4.69, 9.17) is 0 Å². The summed E-state index contributed by atoms with van der Waals surface area (Å²) in [4.78, 5) is 27.6. The highest BCUT2D eigenvalue weighted by molar-refractivity contribution is 5.95. The maximum atomic E-state index is 14.0. The van der Waals surface area contributed by atoms with E-state index in [2.05, 4.69) is 10.3 Å². The van der Waals surface area contributed by atoms with E-state index in [1.807, 2.05) is 38.3 Å². The number of aryl methyl sites for hydroxylation is 3. The Kier molecular flexibility index (Phi) is 5.49. The molecule has 0 unspecified atom stereocenters. The molecule has 1 amide bonds. The van der Waals surface area contributed by atoms with Gasteiger partial charge in [0.05, 0.1) is 12.1 Å².